The van der Waals surface area contributed by atoms with Crippen molar-refractivity contribution in [3.63, 3.8) is 0 Å². The summed E-state index contributed by atoms with van der Waals surface area (Å²) in [5, 5.41) is 7.90. The Bertz CT molecular complexity index is 65.8. The zero-order chi connectivity index (χ0) is 8.78. The van der Waals surface area contributed by atoms with Gasteiger partial charge in [0.05, 0.1) is 5.60 Å². The van der Waals surface area contributed by atoms with Gasteiger partial charge in [-0.05, 0) is 25.0 Å². The molecule has 6 heteroatoms. The lowest BCUT2D eigenvalue weighted by atomic mass is 10.2. The van der Waals surface area contributed by atoms with E-state index in [9.17, 15) is 0 Å². The van der Waals surface area contributed by atoms with Gasteiger partial charge in [0.25, 0.3) is 0 Å². The lowest BCUT2D eigenvalue weighted by molar-refractivity contribution is -1.63. The topological polar surface area (TPSA) is 95.8 Å². The van der Waals surface area contributed by atoms with Gasteiger partial charge in [-0.2, -0.15) is 0 Å². The van der Waals surface area contributed by atoms with E-state index in [1.807, 2.05) is 0 Å². The van der Waals surface area contributed by atoms with E-state index in [1.165, 1.54) is 0 Å². The maximum Gasteiger partial charge on any atom is 0.433 e. The molecule has 0 radical (unpaired) electrons. The molecule has 0 aliphatic rings. The van der Waals surface area contributed by atoms with Crippen molar-refractivity contribution >= 4 is 0 Å². The summed E-state index contributed by atoms with van der Waals surface area (Å²) in [6.45, 7) is 5.31. The van der Waals surface area contributed by atoms with E-state index in [2.05, 4.69) is 4.89 Å². The second-order valence-corrected chi connectivity index (χ2v) is 3.25. The van der Waals surface area contributed by atoms with E-state index < -0.39 is 20.4 Å². The molecule has 0 spiro atoms. The van der Waals surface area contributed by atoms with E-state index in [0.717, 1.165) is 0 Å². The first kappa shape index (κ1) is 12.9. The van der Waals surface area contributed by atoms with Crippen molar-refractivity contribution in [2.45, 2.75) is 26.4 Å². The summed E-state index contributed by atoms with van der Waals surface area (Å²) in [4.78, 5) is 3.94. The van der Waals surface area contributed by atoms with Crippen molar-refractivity contribution in [3.8, 4) is 0 Å². The maximum atomic E-state index is 8.63. The van der Waals surface area contributed by atoms with Gasteiger partial charge in [-0.1, -0.05) is 0 Å². The lowest BCUT2D eigenvalue weighted by Gasteiger charge is -2.10. The molecule has 0 aromatic rings. The molecule has 0 saturated carbocycles. The molecule has 0 aromatic carbocycles. The molecule has 2 N–H and O–H groups in total. The molecule has 0 aromatic heterocycles. The molecule has 0 fully saturated rings. The summed E-state index contributed by atoms with van der Waals surface area (Å²) in [7, 11) is 0. The molecule has 0 saturated heterocycles. The van der Waals surface area contributed by atoms with Crippen LogP contribution in [0, 0.1) is 14.8 Å². The Labute approximate surface area is 64.6 Å². The van der Waals surface area contributed by atoms with E-state index in [-0.39, 0.29) is 0 Å². The van der Waals surface area contributed by atoms with E-state index in [1.54, 1.807) is 20.8 Å². The largest absolute Gasteiger partial charge is 0.433 e. The summed E-state index contributed by atoms with van der Waals surface area (Å²) in [6.07, 6.45) is 0. The van der Waals surface area contributed by atoms with Crippen LogP contribution in [0.2, 0.25) is 0 Å². The minimum atomic E-state index is -3.40. The van der Waals surface area contributed by atoms with Gasteiger partial charge in [-0.25, -0.2) is 4.89 Å². The Morgan fingerprint density at radius 1 is 1.30 bits per heavy atom. The molecular weight excluding hydrogens is 208 g/mol. The molecule has 64 valence electrons. The number of rotatable bonds is 0. The van der Waals surface area contributed by atoms with Gasteiger partial charge in [0.2, 0.25) is 0 Å². The third kappa shape index (κ3) is 40.8. The average molecular weight is 219 g/mol. The summed E-state index contributed by atoms with van der Waals surface area (Å²) >= 11 is -3.40. The number of halogens is 1. The molecule has 5 nitrogen and oxygen atoms in total. The molecule has 0 amide bonds. The van der Waals surface area contributed by atoms with Crippen LogP contribution in [0.25, 0.3) is 0 Å². The van der Waals surface area contributed by atoms with Crippen molar-refractivity contribution in [2.75, 3.05) is 0 Å². The van der Waals surface area contributed by atoms with Crippen LogP contribution in [-0.2, 0) is 4.89 Å². The smallest absolute Gasteiger partial charge is 0.372 e. The molecule has 10 heavy (non-hydrogen) atoms. The highest BCUT2D eigenvalue weighted by Crippen LogP contribution is 2.01. The summed E-state index contributed by atoms with van der Waals surface area (Å²) in [6, 6.07) is 0. The van der Waals surface area contributed by atoms with E-state index in [0.29, 0.717) is 0 Å². The van der Waals surface area contributed by atoms with Gasteiger partial charge < -0.3 is 8.40 Å². The number of hydrogen-bond donors (Lipinski definition) is 2. The molecule has 0 aliphatic carbocycles. The summed E-state index contributed by atoms with van der Waals surface area (Å²) < 4.78 is 24.3. The Morgan fingerprint density at radius 3 is 1.40 bits per heavy atom. The lowest BCUT2D eigenvalue weighted by Crippen LogP contribution is -2.30. The Balaban J connectivity index is 0. The SMILES string of the molecule is CC(C)(C)OO.[O-][Br+2]([O-])O. The van der Waals surface area contributed by atoms with Gasteiger partial charge >= 0.3 is 14.8 Å². The zero-order valence-corrected chi connectivity index (χ0v) is 7.58. The third-order valence-corrected chi connectivity index (χ3v) is 0.274. The van der Waals surface area contributed by atoms with Gasteiger partial charge in [-0.15, -0.1) is 0 Å². The Hall–Kier alpha value is 0.280. The van der Waals surface area contributed by atoms with Crippen LogP contribution in [0.5, 0.6) is 0 Å². The monoisotopic (exact) mass is 218 g/mol. The first-order chi connectivity index (χ1) is 4.29. The fraction of sp³-hybridized carbons (Fsp3) is 1.00. The summed E-state index contributed by atoms with van der Waals surface area (Å²) in [5.41, 5.74) is -0.403. The highest BCUT2D eigenvalue weighted by molar-refractivity contribution is 4.53. The summed E-state index contributed by atoms with van der Waals surface area (Å²) in [5.74, 6) is 0. The first-order valence-corrected chi connectivity index (χ1v) is 4.37. The van der Waals surface area contributed by atoms with E-state index in [4.69, 9.17) is 17.9 Å². The third-order valence-electron chi connectivity index (χ3n) is 0.274. The highest BCUT2D eigenvalue weighted by atomic mass is 80.0. The molecule has 0 rings (SSSR count). The molecule has 0 atom stereocenters. The fourth-order valence-corrected chi connectivity index (χ4v) is 0. The van der Waals surface area contributed by atoms with Crippen LogP contribution < -0.4 is 8.40 Å². The normalized spacial score (nSPS) is 10.8. The minimum Gasteiger partial charge on any atom is -0.372 e. The predicted octanol–water partition coefficient (Wildman–Crippen LogP) is -1.66. The molecule has 0 unspecified atom stereocenters. The van der Waals surface area contributed by atoms with Gasteiger partial charge in [0, 0.05) is 0 Å². The minimum absolute atomic E-state index is 0.403. The second-order valence-electron chi connectivity index (χ2n) is 2.40. The van der Waals surface area contributed by atoms with Crippen molar-refractivity contribution in [3.05, 3.63) is 0 Å². The predicted molar refractivity (Wildman–Crippen MR) is 25.7 cm³/mol. The Kier molecular flexibility index (Phi) is 7.77. The van der Waals surface area contributed by atoms with E-state index >= 15 is 0 Å². The standard InChI is InChI=1S/C4H10O2.BrHO3/c1-4(2,3)6-5;2-1(3)4/h5H,1-3H3;2H. The van der Waals surface area contributed by atoms with Crippen LogP contribution in [-0.4, -0.2) is 15.1 Å². The van der Waals surface area contributed by atoms with Crippen molar-refractivity contribution < 1.29 is 37.6 Å². The van der Waals surface area contributed by atoms with Crippen molar-refractivity contribution in [1.82, 2.24) is 0 Å². The zero-order valence-electron chi connectivity index (χ0n) is 6.00. The Morgan fingerprint density at radius 2 is 1.40 bits per heavy atom. The highest BCUT2D eigenvalue weighted by Gasteiger charge is 2.06. The van der Waals surface area contributed by atoms with Crippen molar-refractivity contribution in [1.29, 1.82) is 0 Å². The molecule has 0 bridgehead atoms. The van der Waals surface area contributed by atoms with Crippen LogP contribution in [0.15, 0.2) is 0 Å². The maximum absolute atomic E-state index is 8.63. The van der Waals surface area contributed by atoms with Crippen LogP contribution in [0.4, 0.5) is 0 Å². The molecule has 0 aliphatic heterocycles. The first-order valence-electron chi connectivity index (χ1n) is 2.36. The quantitative estimate of drug-likeness (QED) is 0.375. The van der Waals surface area contributed by atoms with Gasteiger partial charge in [0.1, 0.15) is 0 Å². The second kappa shape index (κ2) is 6.02. The number of hydrogen-bond acceptors (Lipinski definition) is 5. The van der Waals surface area contributed by atoms with Crippen LogP contribution >= 0.6 is 0 Å². The van der Waals surface area contributed by atoms with Crippen molar-refractivity contribution in [2.24, 2.45) is 0 Å². The molecule has 0 heterocycles. The van der Waals surface area contributed by atoms with Gasteiger partial charge in [0.15, 0.2) is 0 Å². The average Bonchev–Trinajstić information content (AvgIpc) is 1.63. The van der Waals surface area contributed by atoms with Crippen LogP contribution in [0.1, 0.15) is 20.8 Å². The van der Waals surface area contributed by atoms with Gasteiger partial charge in [-0.3, -0.25) is 5.26 Å². The fourth-order valence-electron chi connectivity index (χ4n) is 0. The molecular formula is C4H11BrO5. The van der Waals surface area contributed by atoms with Crippen LogP contribution in [0.3, 0.4) is 0 Å².